The molecule has 3 rings (SSSR count). The minimum atomic E-state index is -0.513. The SMILES string of the molecule is Cc1ccc([N+](=O)[O-])cc1NC(=O)CSc1nnc([C@H](NC(=O)c2ccccc2Cl)C(C)C)n1C. The highest BCUT2D eigenvalue weighted by Crippen LogP contribution is 2.26. The summed E-state index contributed by atoms with van der Waals surface area (Å²) in [5.41, 5.74) is 1.36. The van der Waals surface area contributed by atoms with Gasteiger partial charge in [-0.3, -0.25) is 19.7 Å². The zero-order valence-electron chi connectivity index (χ0n) is 19.6. The maximum Gasteiger partial charge on any atom is 0.271 e. The lowest BCUT2D eigenvalue weighted by Gasteiger charge is -2.22. The van der Waals surface area contributed by atoms with E-state index in [1.165, 1.54) is 23.9 Å². The van der Waals surface area contributed by atoms with Crippen LogP contribution in [-0.4, -0.2) is 37.3 Å². The van der Waals surface area contributed by atoms with Gasteiger partial charge in [-0.25, -0.2) is 0 Å². The van der Waals surface area contributed by atoms with Gasteiger partial charge in [-0.1, -0.05) is 55.4 Å². The van der Waals surface area contributed by atoms with Gasteiger partial charge in [0.2, 0.25) is 5.91 Å². The number of amides is 2. The number of nitro groups is 1. The van der Waals surface area contributed by atoms with Crippen LogP contribution >= 0.6 is 23.4 Å². The first-order valence-electron chi connectivity index (χ1n) is 10.7. The number of aryl methyl sites for hydroxylation is 1. The normalized spacial score (nSPS) is 11.8. The average molecular weight is 517 g/mol. The number of thioether (sulfide) groups is 1. The highest BCUT2D eigenvalue weighted by molar-refractivity contribution is 7.99. The van der Waals surface area contributed by atoms with E-state index in [1.54, 1.807) is 48.9 Å². The highest BCUT2D eigenvalue weighted by Gasteiger charge is 2.26. The van der Waals surface area contributed by atoms with Gasteiger partial charge in [0, 0.05) is 19.2 Å². The van der Waals surface area contributed by atoms with Crippen molar-refractivity contribution >= 4 is 46.6 Å². The molecule has 0 spiro atoms. The molecule has 1 aromatic heterocycles. The van der Waals surface area contributed by atoms with Crippen LogP contribution in [0.15, 0.2) is 47.6 Å². The summed E-state index contributed by atoms with van der Waals surface area (Å²) >= 11 is 7.33. The molecular formula is C23H25ClN6O4S. The Labute approximate surface area is 211 Å². The topological polar surface area (TPSA) is 132 Å². The first kappa shape index (κ1) is 26.2. The largest absolute Gasteiger partial charge is 0.342 e. The average Bonchev–Trinajstić information content (AvgIpc) is 3.17. The van der Waals surface area contributed by atoms with Crippen molar-refractivity contribution in [3.63, 3.8) is 0 Å². The first-order valence-corrected chi connectivity index (χ1v) is 12.1. The van der Waals surface area contributed by atoms with Gasteiger partial charge in [-0.05, 0) is 30.5 Å². The Hall–Kier alpha value is -3.44. The third-order valence-electron chi connectivity index (χ3n) is 5.26. The Morgan fingerprint density at radius 2 is 1.91 bits per heavy atom. The van der Waals surface area contributed by atoms with E-state index in [0.29, 0.717) is 32.8 Å². The maximum atomic E-state index is 12.8. The predicted octanol–water partition coefficient (Wildman–Crippen LogP) is 4.54. The Morgan fingerprint density at radius 1 is 1.20 bits per heavy atom. The summed E-state index contributed by atoms with van der Waals surface area (Å²) in [6.45, 7) is 5.66. The molecule has 2 amide bonds. The van der Waals surface area contributed by atoms with Gasteiger partial charge in [0.05, 0.1) is 33.0 Å². The van der Waals surface area contributed by atoms with Crippen LogP contribution in [0.4, 0.5) is 11.4 Å². The summed E-state index contributed by atoms with van der Waals surface area (Å²) < 4.78 is 1.73. The Morgan fingerprint density at radius 3 is 2.57 bits per heavy atom. The summed E-state index contributed by atoms with van der Waals surface area (Å²) in [6.07, 6.45) is 0. The molecule has 12 heteroatoms. The smallest absolute Gasteiger partial charge is 0.271 e. The van der Waals surface area contributed by atoms with Crippen LogP contribution in [0.2, 0.25) is 5.02 Å². The van der Waals surface area contributed by atoms with Crippen LogP contribution in [0.25, 0.3) is 0 Å². The van der Waals surface area contributed by atoms with Crippen LogP contribution in [0.5, 0.6) is 0 Å². The molecule has 0 saturated heterocycles. The summed E-state index contributed by atoms with van der Waals surface area (Å²) in [4.78, 5) is 35.8. The Balaban J connectivity index is 1.69. The van der Waals surface area contributed by atoms with Crippen LogP contribution in [-0.2, 0) is 11.8 Å². The lowest BCUT2D eigenvalue weighted by molar-refractivity contribution is -0.384. The molecule has 184 valence electrons. The number of nitrogens with one attached hydrogen (secondary N) is 2. The lowest BCUT2D eigenvalue weighted by atomic mass is 10.0. The molecule has 0 aliphatic rings. The van der Waals surface area contributed by atoms with Crippen molar-refractivity contribution in [3.05, 3.63) is 74.6 Å². The van der Waals surface area contributed by atoms with E-state index in [0.717, 1.165) is 0 Å². The predicted molar refractivity (Wildman–Crippen MR) is 135 cm³/mol. The van der Waals surface area contributed by atoms with Crippen LogP contribution in [0.3, 0.4) is 0 Å². The van der Waals surface area contributed by atoms with Crippen molar-refractivity contribution in [2.24, 2.45) is 13.0 Å². The number of nitro benzene ring substituents is 1. The molecule has 0 unspecified atom stereocenters. The number of halogens is 1. The van der Waals surface area contributed by atoms with Crippen molar-refractivity contribution in [2.75, 3.05) is 11.1 Å². The van der Waals surface area contributed by atoms with Gasteiger partial charge in [0.1, 0.15) is 0 Å². The number of hydrogen-bond donors (Lipinski definition) is 2. The Kier molecular flexibility index (Phi) is 8.47. The zero-order chi connectivity index (χ0) is 25.7. The number of benzene rings is 2. The van der Waals surface area contributed by atoms with E-state index in [4.69, 9.17) is 11.6 Å². The molecule has 2 aromatic carbocycles. The number of rotatable bonds is 9. The molecule has 0 aliphatic heterocycles. The molecule has 0 aliphatic carbocycles. The van der Waals surface area contributed by atoms with Gasteiger partial charge in [0.25, 0.3) is 11.6 Å². The zero-order valence-corrected chi connectivity index (χ0v) is 21.2. The van der Waals surface area contributed by atoms with Gasteiger partial charge in [-0.2, -0.15) is 0 Å². The quantitative estimate of drug-likeness (QED) is 0.242. The van der Waals surface area contributed by atoms with Crippen LogP contribution in [0, 0.1) is 23.0 Å². The summed E-state index contributed by atoms with van der Waals surface area (Å²) in [5.74, 6) is -0.0964. The molecule has 0 radical (unpaired) electrons. The van der Waals surface area contributed by atoms with E-state index in [2.05, 4.69) is 20.8 Å². The number of nitrogens with zero attached hydrogens (tertiary/aromatic N) is 4. The number of anilines is 1. The van der Waals surface area contributed by atoms with Crippen molar-refractivity contribution in [1.82, 2.24) is 20.1 Å². The van der Waals surface area contributed by atoms with E-state index in [-0.39, 0.29) is 29.2 Å². The third-order valence-corrected chi connectivity index (χ3v) is 6.61. The molecule has 2 N–H and O–H groups in total. The fraction of sp³-hybridized carbons (Fsp3) is 0.304. The summed E-state index contributed by atoms with van der Waals surface area (Å²) in [7, 11) is 1.76. The molecular weight excluding hydrogens is 492 g/mol. The molecule has 35 heavy (non-hydrogen) atoms. The van der Waals surface area contributed by atoms with Crippen molar-refractivity contribution in [3.8, 4) is 0 Å². The molecule has 0 bridgehead atoms. The number of carbonyl (C=O) groups excluding carboxylic acids is 2. The van der Waals surface area contributed by atoms with E-state index >= 15 is 0 Å². The molecule has 1 atom stereocenters. The van der Waals surface area contributed by atoms with E-state index in [1.807, 2.05) is 13.8 Å². The number of aromatic nitrogens is 3. The van der Waals surface area contributed by atoms with Gasteiger partial charge in [0.15, 0.2) is 11.0 Å². The molecule has 1 heterocycles. The number of non-ortho nitro benzene ring substituents is 1. The molecule has 3 aromatic rings. The first-order chi connectivity index (χ1) is 16.6. The number of carbonyl (C=O) groups is 2. The van der Waals surface area contributed by atoms with Crippen molar-refractivity contribution in [2.45, 2.75) is 32.0 Å². The second-order valence-electron chi connectivity index (χ2n) is 8.17. The van der Waals surface area contributed by atoms with E-state index in [9.17, 15) is 19.7 Å². The summed E-state index contributed by atoms with van der Waals surface area (Å²) in [6, 6.07) is 10.6. The summed E-state index contributed by atoms with van der Waals surface area (Å²) in [5, 5.41) is 26.0. The van der Waals surface area contributed by atoms with Gasteiger partial charge >= 0.3 is 0 Å². The fourth-order valence-corrected chi connectivity index (χ4v) is 4.23. The van der Waals surface area contributed by atoms with Crippen LogP contribution in [0.1, 0.15) is 41.6 Å². The van der Waals surface area contributed by atoms with Gasteiger partial charge in [-0.15, -0.1) is 10.2 Å². The highest BCUT2D eigenvalue weighted by atomic mass is 35.5. The second kappa shape index (κ2) is 11.3. The second-order valence-corrected chi connectivity index (χ2v) is 9.52. The minimum Gasteiger partial charge on any atom is -0.342 e. The molecule has 0 saturated carbocycles. The molecule has 0 fully saturated rings. The van der Waals surface area contributed by atoms with Crippen LogP contribution < -0.4 is 10.6 Å². The van der Waals surface area contributed by atoms with Crippen molar-refractivity contribution in [1.29, 1.82) is 0 Å². The lowest BCUT2D eigenvalue weighted by Crippen LogP contribution is -2.33. The maximum absolute atomic E-state index is 12.8. The Bertz CT molecular complexity index is 1260. The monoisotopic (exact) mass is 516 g/mol. The van der Waals surface area contributed by atoms with Gasteiger partial charge < -0.3 is 15.2 Å². The fourth-order valence-electron chi connectivity index (χ4n) is 3.29. The standard InChI is InChI=1S/C23H25ClN6O4S/c1-13(2)20(26-22(32)16-7-5-6-8-17(16)24)21-27-28-23(29(21)4)35-12-19(31)25-18-11-15(30(33)34)10-9-14(18)3/h5-11,13,20H,12H2,1-4H3,(H,25,31)(H,26,32)/t20-/m1/s1. The minimum absolute atomic E-state index is 0.00216. The molecule has 10 nitrogen and oxygen atoms in total. The number of hydrogen-bond acceptors (Lipinski definition) is 7. The van der Waals surface area contributed by atoms with Crippen molar-refractivity contribution < 1.29 is 14.5 Å². The van der Waals surface area contributed by atoms with E-state index < -0.39 is 11.0 Å². The third kappa shape index (κ3) is 6.37.